The Kier molecular flexibility index (Phi) is 4.66. The van der Waals surface area contributed by atoms with Gasteiger partial charge >= 0.3 is 0 Å². The van der Waals surface area contributed by atoms with E-state index in [1.54, 1.807) is 7.05 Å². The number of aryl methyl sites for hydroxylation is 1. The topological polar surface area (TPSA) is 103 Å². The molecule has 4 rings (SSSR count). The number of hydrogen-bond donors (Lipinski definition) is 2. The van der Waals surface area contributed by atoms with Crippen LogP contribution in [0, 0.1) is 0 Å². The van der Waals surface area contributed by atoms with Crippen LogP contribution in [0.25, 0.3) is 10.2 Å². The van der Waals surface area contributed by atoms with E-state index in [0.29, 0.717) is 15.4 Å². The van der Waals surface area contributed by atoms with E-state index in [0.717, 1.165) is 24.2 Å². The molecule has 0 radical (unpaired) electrons. The van der Waals surface area contributed by atoms with Crippen molar-refractivity contribution in [2.75, 3.05) is 5.32 Å². The number of nitrogens with zero attached hydrogens (tertiary/aromatic N) is 3. The molecule has 0 atom stereocenters. The van der Waals surface area contributed by atoms with Crippen LogP contribution in [-0.4, -0.2) is 26.6 Å². The lowest BCUT2D eigenvalue weighted by Crippen LogP contribution is -2.19. The van der Waals surface area contributed by atoms with Gasteiger partial charge in [-0.1, -0.05) is 0 Å². The molecule has 3 aromatic rings. The van der Waals surface area contributed by atoms with Gasteiger partial charge in [-0.05, 0) is 46.3 Å². The molecule has 0 bridgehead atoms. The summed E-state index contributed by atoms with van der Waals surface area (Å²) in [6, 6.07) is 1.36. The number of primary amides is 1. The summed E-state index contributed by atoms with van der Waals surface area (Å²) in [6.07, 6.45) is 0.445. The van der Waals surface area contributed by atoms with Gasteiger partial charge in [0.05, 0.1) is 16.4 Å². The molecule has 3 heterocycles. The van der Waals surface area contributed by atoms with E-state index in [2.05, 4.69) is 31.3 Å². The van der Waals surface area contributed by atoms with Gasteiger partial charge in [-0.15, -0.1) is 11.3 Å². The molecule has 0 aliphatic heterocycles. The minimum absolute atomic E-state index is 0.0717. The third-order valence-electron chi connectivity index (χ3n) is 4.52. The number of thiophene rings is 1. The highest BCUT2D eigenvalue weighted by atomic mass is 79.9. The fourth-order valence-corrected chi connectivity index (χ4v) is 4.66. The summed E-state index contributed by atoms with van der Waals surface area (Å²) in [4.78, 5) is 29.1. The third-order valence-corrected chi connectivity index (χ3v) is 6.20. The summed E-state index contributed by atoms with van der Waals surface area (Å²) in [5.74, 6) is -1.17. The maximum absolute atomic E-state index is 13.3. The second kappa shape index (κ2) is 6.89. The monoisotopic (exact) mass is 469 g/mol. The van der Waals surface area contributed by atoms with Crippen molar-refractivity contribution in [1.82, 2.24) is 14.8 Å². The average Bonchev–Trinajstić information content (AvgIpc) is 3.33. The lowest BCUT2D eigenvalue weighted by atomic mass is 10.0. The zero-order valence-corrected chi connectivity index (χ0v) is 16.9. The predicted octanol–water partition coefficient (Wildman–Crippen LogP) is 3.96. The van der Waals surface area contributed by atoms with E-state index in [4.69, 9.17) is 5.73 Å². The number of nitrogens with one attached hydrogen (secondary N) is 1. The van der Waals surface area contributed by atoms with Gasteiger partial charge in [0.15, 0.2) is 0 Å². The number of carbonyl (C=O) groups is 2. The predicted molar refractivity (Wildman–Crippen MR) is 104 cm³/mol. The number of fused-ring (bicyclic) bond motifs is 1. The third kappa shape index (κ3) is 3.18. The number of aromatic nitrogens is 3. The van der Waals surface area contributed by atoms with Crippen molar-refractivity contribution in [3.05, 3.63) is 38.6 Å². The number of anilines is 1. The van der Waals surface area contributed by atoms with Crippen LogP contribution in [-0.2, 0) is 7.05 Å². The van der Waals surface area contributed by atoms with Crippen molar-refractivity contribution in [3.63, 3.8) is 0 Å². The summed E-state index contributed by atoms with van der Waals surface area (Å²) >= 11 is 4.17. The number of hydrogen-bond acceptors (Lipinski definition) is 5. The minimum atomic E-state index is -2.73. The molecule has 1 aliphatic carbocycles. The Balaban J connectivity index is 1.90. The average molecular weight is 470 g/mol. The number of pyridine rings is 1. The molecule has 1 aliphatic rings. The van der Waals surface area contributed by atoms with Crippen LogP contribution in [0.3, 0.4) is 0 Å². The standard InChI is InChI=1S/C17H14BrF2N5O2S/c1-25-12(8(18)5-22-25)16(27)24-11-10-7(6-2-3-6)4-9(14(19)20)23-17(10)28-13(11)15(21)26/h4-6,14H,2-3H2,1H3,(H2,21,26)(H,24,27). The van der Waals surface area contributed by atoms with Gasteiger partial charge in [0.1, 0.15) is 21.1 Å². The Labute approximate surface area is 170 Å². The molecule has 1 saturated carbocycles. The molecule has 0 unspecified atom stereocenters. The smallest absolute Gasteiger partial charge is 0.280 e. The first-order chi connectivity index (χ1) is 13.3. The number of nitrogens with two attached hydrogens (primary N) is 1. The van der Waals surface area contributed by atoms with Gasteiger partial charge in [0, 0.05) is 12.4 Å². The Bertz CT molecular complexity index is 1100. The van der Waals surface area contributed by atoms with Crippen molar-refractivity contribution >= 4 is 55.0 Å². The number of alkyl halides is 2. The lowest BCUT2D eigenvalue weighted by Gasteiger charge is -2.10. The molecule has 0 saturated heterocycles. The molecule has 2 amide bonds. The molecular formula is C17H14BrF2N5O2S. The highest BCUT2D eigenvalue weighted by Crippen LogP contribution is 2.48. The fraction of sp³-hybridized carbons (Fsp3) is 0.294. The quantitative estimate of drug-likeness (QED) is 0.589. The molecule has 28 heavy (non-hydrogen) atoms. The fourth-order valence-electron chi connectivity index (χ4n) is 3.11. The van der Waals surface area contributed by atoms with E-state index in [9.17, 15) is 18.4 Å². The van der Waals surface area contributed by atoms with E-state index >= 15 is 0 Å². The van der Waals surface area contributed by atoms with Gasteiger partial charge in [-0.25, -0.2) is 13.8 Å². The Morgan fingerprint density at radius 2 is 2.14 bits per heavy atom. The van der Waals surface area contributed by atoms with Gasteiger partial charge in [0.25, 0.3) is 18.2 Å². The molecule has 0 aromatic carbocycles. The molecule has 0 spiro atoms. The SMILES string of the molecule is Cn1ncc(Br)c1C(=O)Nc1c(C(N)=O)sc2nc(C(F)F)cc(C3CC3)c12. The first-order valence-corrected chi connectivity index (χ1v) is 9.93. The van der Waals surface area contributed by atoms with Gasteiger partial charge in [-0.3, -0.25) is 14.3 Å². The Morgan fingerprint density at radius 3 is 2.68 bits per heavy atom. The van der Waals surface area contributed by atoms with Crippen LogP contribution in [0.4, 0.5) is 14.5 Å². The van der Waals surface area contributed by atoms with Crippen LogP contribution in [0.5, 0.6) is 0 Å². The zero-order chi connectivity index (χ0) is 20.2. The highest BCUT2D eigenvalue weighted by Gasteiger charge is 2.32. The van der Waals surface area contributed by atoms with Gasteiger partial charge < -0.3 is 11.1 Å². The maximum atomic E-state index is 13.3. The summed E-state index contributed by atoms with van der Waals surface area (Å²) in [5, 5.41) is 7.22. The molecule has 7 nitrogen and oxygen atoms in total. The molecular weight excluding hydrogens is 456 g/mol. The number of amides is 2. The highest BCUT2D eigenvalue weighted by molar-refractivity contribution is 9.10. The molecule has 146 valence electrons. The largest absolute Gasteiger partial charge is 0.365 e. The maximum Gasteiger partial charge on any atom is 0.280 e. The molecule has 3 aromatic heterocycles. The van der Waals surface area contributed by atoms with Crippen molar-refractivity contribution < 1.29 is 18.4 Å². The van der Waals surface area contributed by atoms with Gasteiger partial charge in [0.2, 0.25) is 0 Å². The van der Waals surface area contributed by atoms with Gasteiger partial charge in [-0.2, -0.15) is 5.10 Å². The van der Waals surface area contributed by atoms with Crippen LogP contribution in [0.15, 0.2) is 16.7 Å². The number of carbonyl (C=O) groups excluding carboxylic acids is 2. The normalized spacial score (nSPS) is 14.0. The van der Waals surface area contributed by atoms with Crippen molar-refractivity contribution in [1.29, 1.82) is 0 Å². The van der Waals surface area contributed by atoms with E-state index in [-0.39, 0.29) is 32.7 Å². The first kappa shape index (κ1) is 18.9. The van der Waals surface area contributed by atoms with Crippen molar-refractivity contribution in [3.8, 4) is 0 Å². The van der Waals surface area contributed by atoms with Crippen LogP contribution >= 0.6 is 27.3 Å². The van der Waals surface area contributed by atoms with Crippen molar-refractivity contribution in [2.45, 2.75) is 25.2 Å². The summed E-state index contributed by atoms with van der Waals surface area (Å²) in [7, 11) is 1.60. The second-order valence-corrected chi connectivity index (χ2v) is 8.33. The molecule has 3 N–H and O–H groups in total. The minimum Gasteiger partial charge on any atom is -0.365 e. The van der Waals surface area contributed by atoms with Crippen LogP contribution in [0.1, 0.15) is 56.6 Å². The van der Waals surface area contributed by atoms with Crippen LogP contribution in [0.2, 0.25) is 0 Å². The molecule has 11 heteroatoms. The summed E-state index contributed by atoms with van der Waals surface area (Å²) < 4.78 is 28.4. The molecule has 1 fully saturated rings. The Hall–Kier alpha value is -2.40. The number of rotatable bonds is 5. The first-order valence-electron chi connectivity index (χ1n) is 8.32. The zero-order valence-electron chi connectivity index (χ0n) is 14.5. The van der Waals surface area contributed by atoms with E-state index in [1.807, 2.05) is 0 Å². The summed E-state index contributed by atoms with van der Waals surface area (Å²) in [5.41, 5.74) is 6.26. The number of halogens is 3. The lowest BCUT2D eigenvalue weighted by molar-refractivity contribution is 0.100. The Morgan fingerprint density at radius 1 is 1.43 bits per heavy atom. The van der Waals surface area contributed by atoms with E-state index in [1.165, 1.54) is 16.9 Å². The second-order valence-electron chi connectivity index (χ2n) is 6.48. The van der Waals surface area contributed by atoms with Crippen molar-refractivity contribution in [2.24, 2.45) is 12.8 Å². The van der Waals surface area contributed by atoms with Crippen LogP contribution < -0.4 is 11.1 Å². The van der Waals surface area contributed by atoms with E-state index < -0.39 is 18.2 Å². The summed E-state index contributed by atoms with van der Waals surface area (Å²) in [6.45, 7) is 0.